The smallest absolute Gasteiger partial charge is 0.301 e. The first kappa shape index (κ1) is 20.8. The number of aliphatic hydroxyl groups excluding tert-OH is 1. The van der Waals surface area contributed by atoms with Crippen molar-refractivity contribution >= 4 is 44.1 Å². The summed E-state index contributed by atoms with van der Waals surface area (Å²) < 4.78 is 19.4. The molecule has 7 nitrogen and oxygen atoms in total. The van der Waals surface area contributed by atoms with Crippen molar-refractivity contribution in [2.45, 2.75) is 6.04 Å². The number of hydrogen-bond acceptors (Lipinski definition) is 7. The van der Waals surface area contributed by atoms with Crippen molar-refractivity contribution in [2.24, 2.45) is 0 Å². The molecule has 9 heteroatoms. The van der Waals surface area contributed by atoms with Crippen LogP contribution in [0.1, 0.15) is 17.2 Å². The average molecular weight is 461 g/mol. The number of aliphatic hydroxyl groups is 1. The lowest BCUT2D eigenvalue weighted by Gasteiger charge is -2.22. The number of anilines is 1. The molecule has 4 aromatic rings. The summed E-state index contributed by atoms with van der Waals surface area (Å²) >= 11 is 1.09. The van der Waals surface area contributed by atoms with Gasteiger partial charge in [0.05, 0.1) is 28.9 Å². The highest BCUT2D eigenvalue weighted by Gasteiger charge is 2.48. The van der Waals surface area contributed by atoms with E-state index in [0.29, 0.717) is 27.1 Å². The van der Waals surface area contributed by atoms with E-state index in [-0.39, 0.29) is 16.5 Å². The molecule has 0 spiro atoms. The van der Waals surface area contributed by atoms with Crippen molar-refractivity contribution in [1.29, 1.82) is 0 Å². The van der Waals surface area contributed by atoms with Crippen LogP contribution in [0, 0.1) is 5.82 Å². The Morgan fingerprint density at radius 1 is 1.15 bits per heavy atom. The maximum absolute atomic E-state index is 13.7. The standard InChI is InChI=1S/C24H16FN3O4S/c1-32-16-7-4-13(5-8-16)21(29)19-20(14-3-2-10-26-12-14)28(23(31)22(19)30)24-27-17-9-6-15(25)11-18(17)33-24/h2-12,20,29H,1H3/b21-19+. The van der Waals surface area contributed by atoms with E-state index in [0.717, 1.165) is 11.3 Å². The van der Waals surface area contributed by atoms with Crippen LogP contribution in [0.2, 0.25) is 0 Å². The Labute approximate surface area is 191 Å². The van der Waals surface area contributed by atoms with Crippen molar-refractivity contribution in [3.05, 3.63) is 89.5 Å². The molecule has 1 aliphatic rings. The van der Waals surface area contributed by atoms with Gasteiger partial charge in [0.1, 0.15) is 17.3 Å². The summed E-state index contributed by atoms with van der Waals surface area (Å²) in [6, 6.07) is 13.0. The van der Waals surface area contributed by atoms with Gasteiger partial charge in [-0.3, -0.25) is 19.5 Å². The number of rotatable bonds is 4. The predicted molar refractivity (Wildman–Crippen MR) is 122 cm³/mol. The number of ketones is 1. The Morgan fingerprint density at radius 2 is 1.94 bits per heavy atom. The van der Waals surface area contributed by atoms with Gasteiger partial charge in [0.25, 0.3) is 5.78 Å². The van der Waals surface area contributed by atoms with Gasteiger partial charge >= 0.3 is 5.91 Å². The van der Waals surface area contributed by atoms with Gasteiger partial charge in [-0.05, 0) is 54.1 Å². The van der Waals surface area contributed by atoms with Crippen molar-refractivity contribution in [1.82, 2.24) is 9.97 Å². The summed E-state index contributed by atoms with van der Waals surface area (Å²) in [6.45, 7) is 0. The number of pyridine rings is 1. The van der Waals surface area contributed by atoms with Crippen LogP contribution in [0.25, 0.3) is 16.0 Å². The molecule has 1 aliphatic heterocycles. The summed E-state index contributed by atoms with van der Waals surface area (Å²) in [7, 11) is 1.52. The Kier molecular flexibility index (Phi) is 5.10. The SMILES string of the molecule is COc1ccc(/C(O)=C2\C(=O)C(=O)N(c3nc4ccc(F)cc4s3)C2c2cccnc2)cc1. The molecule has 2 aromatic heterocycles. The number of methoxy groups -OCH3 is 1. The normalized spacial score (nSPS) is 17.6. The highest BCUT2D eigenvalue weighted by atomic mass is 32.1. The fourth-order valence-corrected chi connectivity index (χ4v) is 4.79. The molecule has 33 heavy (non-hydrogen) atoms. The molecule has 0 saturated carbocycles. The first-order chi connectivity index (χ1) is 16.0. The van der Waals surface area contributed by atoms with E-state index < -0.39 is 23.5 Å². The maximum Gasteiger partial charge on any atom is 0.301 e. The Balaban J connectivity index is 1.70. The number of benzene rings is 2. The number of thiazole rings is 1. The molecule has 2 aromatic carbocycles. The van der Waals surface area contributed by atoms with Gasteiger partial charge in [-0.1, -0.05) is 17.4 Å². The van der Waals surface area contributed by atoms with Crippen LogP contribution in [-0.4, -0.2) is 33.9 Å². The number of amides is 1. The molecule has 5 rings (SSSR count). The van der Waals surface area contributed by atoms with Gasteiger partial charge < -0.3 is 9.84 Å². The van der Waals surface area contributed by atoms with E-state index in [9.17, 15) is 19.1 Å². The molecule has 1 saturated heterocycles. The van der Waals surface area contributed by atoms with E-state index in [1.807, 2.05) is 0 Å². The van der Waals surface area contributed by atoms with Crippen LogP contribution < -0.4 is 9.64 Å². The number of nitrogens with zero attached hydrogens (tertiary/aromatic N) is 3. The highest BCUT2D eigenvalue weighted by Crippen LogP contribution is 2.44. The monoisotopic (exact) mass is 461 g/mol. The van der Waals surface area contributed by atoms with Crippen molar-refractivity contribution in [3.8, 4) is 5.75 Å². The molecule has 3 heterocycles. The van der Waals surface area contributed by atoms with Gasteiger partial charge in [-0.15, -0.1) is 0 Å². The van der Waals surface area contributed by atoms with E-state index in [1.54, 1.807) is 42.6 Å². The zero-order chi connectivity index (χ0) is 23.1. The highest BCUT2D eigenvalue weighted by molar-refractivity contribution is 7.22. The van der Waals surface area contributed by atoms with Crippen LogP contribution in [0.3, 0.4) is 0 Å². The second kappa shape index (κ2) is 8.10. The third-order valence-electron chi connectivity index (χ3n) is 5.35. The molecule has 0 bridgehead atoms. The summed E-state index contributed by atoms with van der Waals surface area (Å²) in [6.07, 6.45) is 3.09. The number of halogens is 1. The van der Waals surface area contributed by atoms with E-state index in [1.165, 1.54) is 36.4 Å². The summed E-state index contributed by atoms with van der Waals surface area (Å²) in [5.74, 6) is -1.85. The molecular weight excluding hydrogens is 445 g/mol. The minimum atomic E-state index is -0.953. The minimum Gasteiger partial charge on any atom is -0.507 e. The quantitative estimate of drug-likeness (QED) is 0.274. The molecule has 164 valence electrons. The fourth-order valence-electron chi connectivity index (χ4n) is 3.78. The molecule has 1 fully saturated rings. The topological polar surface area (TPSA) is 92.6 Å². The van der Waals surface area contributed by atoms with Crippen LogP contribution in [0.15, 0.2) is 72.6 Å². The zero-order valence-corrected chi connectivity index (χ0v) is 18.0. The van der Waals surface area contributed by atoms with Crippen molar-refractivity contribution < 1.29 is 23.8 Å². The van der Waals surface area contributed by atoms with Gasteiger partial charge in [-0.2, -0.15) is 0 Å². The Bertz CT molecular complexity index is 1420. The van der Waals surface area contributed by atoms with Crippen LogP contribution in [0.4, 0.5) is 9.52 Å². The summed E-state index contributed by atoms with van der Waals surface area (Å²) in [5, 5.41) is 11.3. The van der Waals surface area contributed by atoms with Gasteiger partial charge in [0, 0.05) is 18.0 Å². The first-order valence-electron chi connectivity index (χ1n) is 9.89. The Morgan fingerprint density at radius 3 is 2.64 bits per heavy atom. The third kappa shape index (κ3) is 3.52. The molecule has 0 radical (unpaired) electrons. The van der Waals surface area contributed by atoms with Crippen LogP contribution >= 0.6 is 11.3 Å². The lowest BCUT2D eigenvalue weighted by atomic mass is 9.96. The number of fused-ring (bicyclic) bond motifs is 1. The third-order valence-corrected chi connectivity index (χ3v) is 6.37. The number of Topliss-reactive ketones (excluding diaryl/α,β-unsaturated/α-hetero) is 1. The van der Waals surface area contributed by atoms with Gasteiger partial charge in [0.15, 0.2) is 5.13 Å². The number of hydrogen-bond donors (Lipinski definition) is 1. The molecular formula is C24H16FN3O4S. The summed E-state index contributed by atoms with van der Waals surface area (Å²) in [5.41, 5.74) is 1.30. The van der Waals surface area contributed by atoms with Crippen molar-refractivity contribution in [3.63, 3.8) is 0 Å². The number of aromatic nitrogens is 2. The molecule has 1 atom stereocenters. The predicted octanol–water partition coefficient (Wildman–Crippen LogP) is 4.47. The van der Waals surface area contributed by atoms with Gasteiger partial charge in [-0.25, -0.2) is 9.37 Å². The molecule has 1 N–H and O–H groups in total. The van der Waals surface area contributed by atoms with Crippen molar-refractivity contribution in [2.75, 3.05) is 12.0 Å². The van der Waals surface area contributed by atoms with Crippen LogP contribution in [0.5, 0.6) is 5.75 Å². The lowest BCUT2D eigenvalue weighted by molar-refractivity contribution is -0.132. The van der Waals surface area contributed by atoms with E-state index in [4.69, 9.17) is 4.74 Å². The number of ether oxygens (including phenoxy) is 1. The summed E-state index contributed by atoms with van der Waals surface area (Å²) in [4.78, 5) is 36.1. The molecule has 1 amide bonds. The van der Waals surface area contributed by atoms with Crippen LogP contribution in [-0.2, 0) is 9.59 Å². The van der Waals surface area contributed by atoms with E-state index >= 15 is 0 Å². The molecule has 0 aliphatic carbocycles. The Hall–Kier alpha value is -4.11. The first-order valence-corrected chi connectivity index (χ1v) is 10.7. The van der Waals surface area contributed by atoms with E-state index in [2.05, 4.69) is 9.97 Å². The fraction of sp³-hybridized carbons (Fsp3) is 0.0833. The minimum absolute atomic E-state index is 0.0800. The van der Waals surface area contributed by atoms with Gasteiger partial charge in [0.2, 0.25) is 0 Å². The number of carbonyl (C=O) groups is 2. The molecule has 1 unspecified atom stereocenters. The number of carbonyl (C=O) groups excluding carboxylic acids is 2. The second-order valence-corrected chi connectivity index (χ2v) is 8.30. The zero-order valence-electron chi connectivity index (χ0n) is 17.2. The lowest BCUT2D eigenvalue weighted by Crippen LogP contribution is -2.29. The second-order valence-electron chi connectivity index (χ2n) is 7.29. The largest absolute Gasteiger partial charge is 0.507 e. The maximum atomic E-state index is 13.7. The average Bonchev–Trinajstić information content (AvgIpc) is 3.37.